The van der Waals surface area contributed by atoms with Gasteiger partial charge in [-0.3, -0.25) is 4.90 Å². The van der Waals surface area contributed by atoms with Crippen LogP contribution in [0.3, 0.4) is 0 Å². The van der Waals surface area contributed by atoms with E-state index in [4.69, 9.17) is 5.73 Å². The lowest BCUT2D eigenvalue weighted by atomic mass is 9.98. The lowest BCUT2D eigenvalue weighted by Gasteiger charge is -2.27. The Labute approximate surface area is 118 Å². The molecule has 0 saturated heterocycles. The smallest absolute Gasteiger partial charge is 0.0467 e. The Morgan fingerprint density at radius 1 is 1.21 bits per heavy atom. The molecule has 0 bridgehead atoms. The molecule has 1 saturated carbocycles. The van der Waals surface area contributed by atoms with Crippen molar-refractivity contribution in [3.63, 3.8) is 0 Å². The van der Waals surface area contributed by atoms with Crippen molar-refractivity contribution in [3.05, 3.63) is 35.4 Å². The van der Waals surface area contributed by atoms with Crippen LogP contribution in [-0.4, -0.2) is 25.0 Å². The number of hydrogen-bond donors (Lipinski definition) is 1. The average molecular weight is 260 g/mol. The van der Waals surface area contributed by atoms with Gasteiger partial charge in [0.15, 0.2) is 0 Å². The molecule has 2 heteroatoms. The SMILES string of the molecule is CC(C)c1ccc(C(CN)N(C)CC2CC2C)cc1. The van der Waals surface area contributed by atoms with Gasteiger partial charge in [-0.05, 0) is 42.3 Å². The number of rotatable bonds is 6. The van der Waals surface area contributed by atoms with Gasteiger partial charge in [-0.25, -0.2) is 0 Å². The van der Waals surface area contributed by atoms with Gasteiger partial charge in [0.25, 0.3) is 0 Å². The summed E-state index contributed by atoms with van der Waals surface area (Å²) in [6.07, 6.45) is 1.38. The summed E-state index contributed by atoms with van der Waals surface area (Å²) in [5.74, 6) is 2.38. The standard InChI is InChI=1S/C17H28N2/c1-12(2)14-5-7-15(8-6-14)17(10-18)19(4)11-16-9-13(16)3/h5-8,12-13,16-17H,9-11,18H2,1-4H3. The molecule has 0 spiro atoms. The Kier molecular flexibility index (Phi) is 4.64. The maximum Gasteiger partial charge on any atom is 0.0467 e. The molecule has 106 valence electrons. The fourth-order valence-electron chi connectivity index (χ4n) is 2.82. The average Bonchev–Trinajstić information content (AvgIpc) is 3.06. The quantitative estimate of drug-likeness (QED) is 0.849. The van der Waals surface area contributed by atoms with E-state index in [2.05, 4.69) is 57.0 Å². The summed E-state index contributed by atoms with van der Waals surface area (Å²) in [4.78, 5) is 2.43. The highest BCUT2D eigenvalue weighted by Gasteiger charge is 2.34. The maximum absolute atomic E-state index is 5.99. The Morgan fingerprint density at radius 2 is 1.74 bits per heavy atom. The Hall–Kier alpha value is -0.860. The molecule has 2 rings (SSSR count). The fraction of sp³-hybridized carbons (Fsp3) is 0.647. The van der Waals surface area contributed by atoms with Crippen LogP contribution in [0.4, 0.5) is 0 Å². The van der Waals surface area contributed by atoms with Crippen molar-refractivity contribution in [1.29, 1.82) is 0 Å². The van der Waals surface area contributed by atoms with Gasteiger partial charge < -0.3 is 5.73 Å². The largest absolute Gasteiger partial charge is 0.329 e. The van der Waals surface area contributed by atoms with E-state index in [1.807, 2.05) is 0 Å². The summed E-state index contributed by atoms with van der Waals surface area (Å²) in [5.41, 5.74) is 8.74. The van der Waals surface area contributed by atoms with Gasteiger partial charge in [0, 0.05) is 19.1 Å². The van der Waals surface area contributed by atoms with Crippen molar-refractivity contribution in [3.8, 4) is 0 Å². The van der Waals surface area contributed by atoms with E-state index in [1.54, 1.807) is 0 Å². The second kappa shape index (κ2) is 6.06. The van der Waals surface area contributed by atoms with E-state index in [1.165, 1.54) is 24.1 Å². The van der Waals surface area contributed by atoms with Gasteiger partial charge in [0.05, 0.1) is 0 Å². The minimum Gasteiger partial charge on any atom is -0.329 e. The molecule has 0 radical (unpaired) electrons. The first-order valence-electron chi connectivity index (χ1n) is 7.53. The van der Waals surface area contributed by atoms with Crippen molar-refractivity contribution >= 4 is 0 Å². The van der Waals surface area contributed by atoms with Crippen LogP contribution in [0.5, 0.6) is 0 Å². The monoisotopic (exact) mass is 260 g/mol. The van der Waals surface area contributed by atoms with Crippen molar-refractivity contribution in [2.24, 2.45) is 17.6 Å². The molecule has 3 unspecified atom stereocenters. The topological polar surface area (TPSA) is 29.3 Å². The van der Waals surface area contributed by atoms with E-state index in [0.29, 0.717) is 18.5 Å². The number of hydrogen-bond acceptors (Lipinski definition) is 2. The van der Waals surface area contributed by atoms with Gasteiger partial charge >= 0.3 is 0 Å². The summed E-state index contributed by atoms with van der Waals surface area (Å²) in [6.45, 7) is 8.67. The predicted molar refractivity (Wildman–Crippen MR) is 82.2 cm³/mol. The van der Waals surface area contributed by atoms with Crippen LogP contribution in [-0.2, 0) is 0 Å². The first kappa shape index (κ1) is 14.5. The number of benzene rings is 1. The number of nitrogens with two attached hydrogens (primary N) is 1. The molecule has 1 aromatic carbocycles. The molecule has 3 atom stereocenters. The van der Waals surface area contributed by atoms with E-state index in [0.717, 1.165) is 11.8 Å². The molecular weight excluding hydrogens is 232 g/mol. The first-order chi connectivity index (χ1) is 9.02. The second-order valence-corrected chi connectivity index (χ2v) is 6.49. The van der Waals surface area contributed by atoms with Crippen molar-refractivity contribution in [2.75, 3.05) is 20.1 Å². The Balaban J connectivity index is 2.03. The molecule has 0 aromatic heterocycles. The molecule has 1 aliphatic rings. The van der Waals surface area contributed by atoms with Crippen LogP contribution in [0.1, 0.15) is 50.3 Å². The highest BCUT2D eigenvalue weighted by Crippen LogP contribution is 2.39. The highest BCUT2D eigenvalue weighted by atomic mass is 15.1. The Morgan fingerprint density at radius 3 is 2.16 bits per heavy atom. The van der Waals surface area contributed by atoms with Crippen LogP contribution in [0.2, 0.25) is 0 Å². The maximum atomic E-state index is 5.99. The van der Waals surface area contributed by atoms with Gasteiger partial charge in [0.2, 0.25) is 0 Å². The molecule has 19 heavy (non-hydrogen) atoms. The lowest BCUT2D eigenvalue weighted by molar-refractivity contribution is 0.237. The van der Waals surface area contributed by atoms with E-state index < -0.39 is 0 Å². The molecule has 0 aliphatic heterocycles. The third kappa shape index (κ3) is 3.58. The molecule has 1 fully saturated rings. The Bertz CT molecular complexity index is 396. The number of nitrogens with zero attached hydrogens (tertiary/aromatic N) is 1. The second-order valence-electron chi connectivity index (χ2n) is 6.49. The van der Waals surface area contributed by atoms with Crippen LogP contribution in [0, 0.1) is 11.8 Å². The summed E-state index contributed by atoms with van der Waals surface area (Å²) in [7, 11) is 2.21. The highest BCUT2D eigenvalue weighted by molar-refractivity contribution is 5.27. The summed E-state index contributed by atoms with van der Waals surface area (Å²) >= 11 is 0. The van der Waals surface area contributed by atoms with Gasteiger partial charge in [-0.2, -0.15) is 0 Å². The van der Waals surface area contributed by atoms with Gasteiger partial charge in [-0.1, -0.05) is 45.0 Å². The van der Waals surface area contributed by atoms with E-state index in [9.17, 15) is 0 Å². The molecule has 2 nitrogen and oxygen atoms in total. The summed E-state index contributed by atoms with van der Waals surface area (Å²) < 4.78 is 0. The third-order valence-electron chi connectivity index (χ3n) is 4.54. The van der Waals surface area contributed by atoms with Crippen LogP contribution >= 0.6 is 0 Å². The third-order valence-corrected chi connectivity index (χ3v) is 4.54. The zero-order chi connectivity index (χ0) is 14.0. The molecule has 1 aromatic rings. The van der Waals surface area contributed by atoms with Crippen LogP contribution in [0.15, 0.2) is 24.3 Å². The van der Waals surface area contributed by atoms with Gasteiger partial charge in [-0.15, -0.1) is 0 Å². The molecule has 0 amide bonds. The predicted octanol–water partition coefficient (Wildman–Crippen LogP) is 3.40. The fourth-order valence-corrected chi connectivity index (χ4v) is 2.82. The summed E-state index contributed by atoms with van der Waals surface area (Å²) in [6, 6.07) is 9.35. The zero-order valence-electron chi connectivity index (χ0n) is 12.8. The van der Waals surface area contributed by atoms with Crippen molar-refractivity contribution < 1.29 is 0 Å². The van der Waals surface area contributed by atoms with Crippen LogP contribution < -0.4 is 5.73 Å². The van der Waals surface area contributed by atoms with Crippen LogP contribution in [0.25, 0.3) is 0 Å². The first-order valence-corrected chi connectivity index (χ1v) is 7.53. The van der Waals surface area contributed by atoms with E-state index >= 15 is 0 Å². The number of likely N-dealkylation sites (N-methyl/N-ethyl adjacent to an activating group) is 1. The van der Waals surface area contributed by atoms with Crippen molar-refractivity contribution in [2.45, 2.75) is 39.2 Å². The normalized spacial score (nSPS) is 23.9. The molecule has 2 N–H and O–H groups in total. The van der Waals surface area contributed by atoms with E-state index in [-0.39, 0.29) is 0 Å². The zero-order valence-corrected chi connectivity index (χ0v) is 12.8. The lowest BCUT2D eigenvalue weighted by Crippen LogP contribution is -2.32. The van der Waals surface area contributed by atoms with Crippen molar-refractivity contribution in [1.82, 2.24) is 4.90 Å². The molecular formula is C17H28N2. The van der Waals surface area contributed by atoms with Gasteiger partial charge in [0.1, 0.15) is 0 Å². The minimum atomic E-state index is 0.356. The molecule has 1 aliphatic carbocycles. The molecule has 0 heterocycles. The summed E-state index contributed by atoms with van der Waals surface area (Å²) in [5, 5.41) is 0. The minimum absolute atomic E-state index is 0.356.